The van der Waals surface area contributed by atoms with Crippen LogP contribution in [0.2, 0.25) is 0 Å². The van der Waals surface area contributed by atoms with Crippen molar-refractivity contribution in [3.63, 3.8) is 0 Å². The number of hydrogen-bond acceptors (Lipinski definition) is 6. The number of carbonyl (C=O) groups is 2. The first-order valence-electron chi connectivity index (χ1n) is 6.54. The van der Waals surface area contributed by atoms with Crippen molar-refractivity contribution >= 4 is 20.4 Å². The summed E-state index contributed by atoms with van der Waals surface area (Å²) >= 11 is 0. The lowest BCUT2D eigenvalue weighted by Gasteiger charge is -2.22. The van der Waals surface area contributed by atoms with Crippen molar-refractivity contribution in [3.05, 3.63) is 0 Å². The monoisotopic (exact) mass is 309 g/mol. The highest BCUT2D eigenvalue weighted by molar-refractivity contribution is 7.45. The van der Waals surface area contributed by atoms with Gasteiger partial charge in [0, 0.05) is 18.6 Å². The topological polar surface area (TPSA) is 105 Å². The van der Waals surface area contributed by atoms with Crippen LogP contribution in [0.3, 0.4) is 0 Å². The summed E-state index contributed by atoms with van der Waals surface area (Å²) in [6, 6.07) is 0. The van der Waals surface area contributed by atoms with Gasteiger partial charge in [-0.15, -0.1) is 0 Å². The van der Waals surface area contributed by atoms with Crippen LogP contribution in [-0.4, -0.2) is 40.8 Å². The Bertz CT molecular complexity index is 308. The molecule has 3 N–H and O–H groups in total. The fourth-order valence-corrected chi connectivity index (χ4v) is 1.55. The van der Waals surface area contributed by atoms with Gasteiger partial charge in [-0.3, -0.25) is 4.79 Å². The molecule has 0 spiro atoms. The Morgan fingerprint density at radius 1 is 1.15 bits per heavy atom. The first kappa shape index (κ1) is 19.1. The first-order valence-corrected chi connectivity index (χ1v) is 7.97. The van der Waals surface area contributed by atoms with E-state index in [1.165, 1.54) is 0 Å². The van der Waals surface area contributed by atoms with E-state index in [1.54, 1.807) is 27.7 Å². The van der Waals surface area contributed by atoms with Crippen molar-refractivity contribution in [2.75, 3.05) is 12.7 Å². The van der Waals surface area contributed by atoms with Gasteiger partial charge in [-0.25, -0.2) is 4.79 Å². The summed E-state index contributed by atoms with van der Waals surface area (Å²) in [5, 5.41) is 2.46. The summed E-state index contributed by atoms with van der Waals surface area (Å²) in [4.78, 5) is 40.4. The van der Waals surface area contributed by atoms with Crippen LogP contribution >= 0.6 is 8.38 Å². The van der Waals surface area contributed by atoms with Gasteiger partial charge in [0.15, 0.2) is 8.38 Å². The summed E-state index contributed by atoms with van der Waals surface area (Å²) < 4.78 is 10.1. The minimum absolute atomic E-state index is 0.161. The molecule has 0 fully saturated rings. The first-order chi connectivity index (χ1) is 9.23. The number of hydrogen-bond donors (Lipinski definition) is 3. The highest BCUT2D eigenvalue weighted by Gasteiger charge is 2.23. The van der Waals surface area contributed by atoms with E-state index in [1.807, 2.05) is 0 Å². The van der Waals surface area contributed by atoms with Crippen LogP contribution in [0.4, 0.5) is 4.79 Å². The Morgan fingerprint density at radius 3 is 2.20 bits per heavy atom. The normalized spacial score (nSPS) is 12.7. The van der Waals surface area contributed by atoms with Crippen molar-refractivity contribution in [3.8, 4) is 0 Å². The maximum absolute atomic E-state index is 11.5. The van der Waals surface area contributed by atoms with Gasteiger partial charge < -0.3 is 24.6 Å². The molecule has 0 unspecified atom stereocenters. The van der Waals surface area contributed by atoms with Gasteiger partial charge in [-0.05, 0) is 6.42 Å². The second-order valence-electron chi connectivity index (χ2n) is 4.99. The second kappa shape index (κ2) is 9.91. The Kier molecular flexibility index (Phi) is 9.46. The molecule has 0 saturated heterocycles. The molecule has 0 saturated carbocycles. The van der Waals surface area contributed by atoms with E-state index in [2.05, 4.69) is 5.32 Å². The zero-order chi connectivity index (χ0) is 15.7. The van der Waals surface area contributed by atoms with E-state index in [4.69, 9.17) is 19.3 Å². The molecule has 0 bridgehead atoms. The highest BCUT2D eigenvalue weighted by atomic mass is 31.2. The molecule has 118 valence electrons. The fourth-order valence-electron chi connectivity index (χ4n) is 1.10. The van der Waals surface area contributed by atoms with Crippen LogP contribution < -0.4 is 5.32 Å². The molecule has 7 nitrogen and oxygen atoms in total. The predicted molar refractivity (Wildman–Crippen MR) is 74.9 cm³/mol. The molecular weight excluding hydrogens is 285 g/mol. The molecule has 0 aliphatic carbocycles. The molecule has 0 aliphatic heterocycles. The third-order valence-electron chi connectivity index (χ3n) is 2.28. The number of nitrogens with one attached hydrogen (secondary N) is 1. The molecular formula is C12H24NO6P. The van der Waals surface area contributed by atoms with Crippen molar-refractivity contribution in [2.24, 2.45) is 11.8 Å². The molecule has 1 atom stereocenters. The van der Waals surface area contributed by atoms with E-state index in [0.717, 1.165) is 0 Å². The highest BCUT2D eigenvalue weighted by Crippen LogP contribution is 2.22. The molecule has 8 heteroatoms. The number of ether oxygens (including phenoxy) is 2. The second-order valence-corrected chi connectivity index (χ2v) is 6.18. The van der Waals surface area contributed by atoms with Crippen LogP contribution in [0.5, 0.6) is 0 Å². The van der Waals surface area contributed by atoms with E-state index in [9.17, 15) is 9.59 Å². The largest absolute Gasteiger partial charge is 0.425 e. The zero-order valence-electron chi connectivity index (χ0n) is 12.3. The average Bonchev–Trinajstić information content (AvgIpc) is 2.33. The van der Waals surface area contributed by atoms with Gasteiger partial charge in [0.1, 0.15) is 0 Å². The van der Waals surface area contributed by atoms with Crippen LogP contribution in [0, 0.1) is 11.8 Å². The van der Waals surface area contributed by atoms with E-state index >= 15 is 0 Å². The molecule has 0 heterocycles. The molecule has 0 radical (unpaired) electrons. The van der Waals surface area contributed by atoms with Gasteiger partial charge in [0.05, 0.1) is 5.92 Å². The summed E-state index contributed by atoms with van der Waals surface area (Å²) in [5.74, 6) is -0.884. The number of carbonyl (C=O) groups excluding carboxylic acids is 2. The Hall–Kier alpha value is -0.910. The summed E-state index contributed by atoms with van der Waals surface area (Å²) in [5.41, 5.74) is 0. The lowest BCUT2D eigenvalue weighted by Crippen LogP contribution is -2.35. The zero-order valence-corrected chi connectivity index (χ0v) is 13.2. The van der Waals surface area contributed by atoms with Gasteiger partial charge in [0.25, 0.3) is 6.29 Å². The minimum atomic E-state index is -1.94. The van der Waals surface area contributed by atoms with Crippen LogP contribution in [0.25, 0.3) is 0 Å². The third kappa shape index (κ3) is 9.07. The Balaban J connectivity index is 4.11. The summed E-state index contributed by atoms with van der Waals surface area (Å²) in [6.45, 7) is 7.21. The van der Waals surface area contributed by atoms with Gasteiger partial charge in [0.2, 0.25) is 0 Å². The molecule has 0 aromatic carbocycles. The Morgan fingerprint density at radius 2 is 1.75 bits per heavy atom. The molecule has 0 aliphatic rings. The fraction of sp³-hybridized carbons (Fsp3) is 0.833. The molecule has 1 amide bonds. The molecule has 0 rings (SSSR count). The van der Waals surface area contributed by atoms with Crippen LogP contribution in [-0.2, 0) is 14.3 Å². The van der Waals surface area contributed by atoms with Crippen molar-refractivity contribution in [1.29, 1.82) is 0 Å². The average molecular weight is 309 g/mol. The number of esters is 1. The SMILES string of the molecule is CC(C)C(=O)O[C@H](OC(=O)NCCCP(O)O)C(C)C. The van der Waals surface area contributed by atoms with E-state index < -0.39 is 26.7 Å². The number of alkyl carbamates (subject to hydrolysis) is 1. The van der Waals surface area contributed by atoms with Crippen LogP contribution in [0.15, 0.2) is 0 Å². The van der Waals surface area contributed by atoms with Crippen molar-refractivity contribution in [1.82, 2.24) is 5.32 Å². The smallest absolute Gasteiger partial charge is 0.410 e. The van der Waals surface area contributed by atoms with Crippen LogP contribution in [0.1, 0.15) is 34.1 Å². The summed E-state index contributed by atoms with van der Waals surface area (Å²) in [7, 11) is -1.94. The third-order valence-corrected chi connectivity index (χ3v) is 2.99. The predicted octanol–water partition coefficient (Wildman–Crippen LogP) is 1.58. The lowest BCUT2D eigenvalue weighted by molar-refractivity contribution is -0.178. The van der Waals surface area contributed by atoms with Gasteiger partial charge in [-0.1, -0.05) is 27.7 Å². The quantitative estimate of drug-likeness (QED) is 0.272. The maximum Gasteiger partial charge on any atom is 0.410 e. The standard InChI is InChI=1S/C12H24NO6P/c1-8(2)10(14)18-11(9(3)4)19-12(15)13-6-5-7-20(16)17/h8-9,11,16-17H,5-7H2,1-4H3,(H,13,15)/t11-/m1/s1. The van der Waals surface area contributed by atoms with E-state index in [0.29, 0.717) is 6.42 Å². The van der Waals surface area contributed by atoms with E-state index in [-0.39, 0.29) is 24.5 Å². The van der Waals surface area contributed by atoms with Gasteiger partial charge in [-0.2, -0.15) is 0 Å². The molecule has 0 aromatic rings. The van der Waals surface area contributed by atoms with Gasteiger partial charge >= 0.3 is 12.1 Å². The lowest BCUT2D eigenvalue weighted by atomic mass is 10.2. The maximum atomic E-state index is 11.5. The molecule has 0 aromatic heterocycles. The van der Waals surface area contributed by atoms with Crippen molar-refractivity contribution in [2.45, 2.75) is 40.4 Å². The number of amides is 1. The Labute approximate surface area is 120 Å². The van der Waals surface area contributed by atoms with Crippen molar-refractivity contribution < 1.29 is 28.8 Å². The molecule has 20 heavy (non-hydrogen) atoms. The minimum Gasteiger partial charge on any atom is -0.425 e. The summed E-state index contributed by atoms with van der Waals surface area (Å²) in [6.07, 6.45) is -0.963. The number of rotatable bonds is 8.